The highest BCUT2D eigenvalue weighted by Gasteiger charge is 2.33. The maximum absolute atomic E-state index is 12.0. The van der Waals surface area contributed by atoms with E-state index in [9.17, 15) is 4.79 Å². The summed E-state index contributed by atoms with van der Waals surface area (Å²) in [5.74, 6) is 0.127. The predicted molar refractivity (Wildman–Crippen MR) is 69.0 cm³/mol. The third-order valence-corrected chi connectivity index (χ3v) is 3.18. The van der Waals surface area contributed by atoms with Crippen LogP contribution in [0.15, 0.2) is 0 Å². The molecule has 0 aromatic heterocycles. The molecule has 1 saturated heterocycles. The van der Waals surface area contributed by atoms with Crippen molar-refractivity contribution in [2.24, 2.45) is 0 Å². The minimum absolute atomic E-state index is 0.127. The van der Waals surface area contributed by atoms with Gasteiger partial charge in [-0.2, -0.15) is 0 Å². The van der Waals surface area contributed by atoms with Crippen LogP contribution in [-0.4, -0.2) is 37.2 Å². The average Bonchev–Trinajstić information content (AvgIpc) is 2.29. The van der Waals surface area contributed by atoms with Crippen LogP contribution in [0.2, 0.25) is 0 Å². The number of piperidine rings is 1. The molecule has 0 aliphatic carbocycles. The normalized spacial score (nSPS) is 24.9. The molecule has 1 atom stereocenters. The van der Waals surface area contributed by atoms with Crippen LogP contribution in [0.3, 0.4) is 0 Å². The largest absolute Gasteiger partial charge is 0.379 e. The Morgan fingerprint density at radius 1 is 1.47 bits per heavy atom. The van der Waals surface area contributed by atoms with Gasteiger partial charge in [0.1, 0.15) is 0 Å². The van der Waals surface area contributed by atoms with E-state index in [-0.39, 0.29) is 17.6 Å². The lowest BCUT2D eigenvalue weighted by atomic mass is 9.90. The smallest absolute Gasteiger partial charge is 0.240 e. The summed E-state index contributed by atoms with van der Waals surface area (Å²) in [7, 11) is 0. The van der Waals surface area contributed by atoms with Crippen molar-refractivity contribution in [1.29, 1.82) is 0 Å². The van der Waals surface area contributed by atoms with E-state index in [0.717, 1.165) is 25.8 Å². The first kappa shape index (κ1) is 14.5. The summed E-state index contributed by atoms with van der Waals surface area (Å²) in [6.45, 7) is 8.38. The van der Waals surface area contributed by atoms with Gasteiger partial charge in [-0.15, -0.1) is 0 Å². The van der Waals surface area contributed by atoms with E-state index in [0.29, 0.717) is 13.2 Å². The second-order valence-corrected chi connectivity index (χ2v) is 5.24. The van der Waals surface area contributed by atoms with Gasteiger partial charge in [0, 0.05) is 13.2 Å². The number of carbonyl (C=O) groups excluding carboxylic acids is 1. The molecule has 4 heteroatoms. The first-order chi connectivity index (χ1) is 8.04. The lowest BCUT2D eigenvalue weighted by Crippen LogP contribution is -2.57. The van der Waals surface area contributed by atoms with Crippen molar-refractivity contribution in [3.05, 3.63) is 0 Å². The Labute approximate surface area is 104 Å². The third-order valence-electron chi connectivity index (χ3n) is 3.18. The van der Waals surface area contributed by atoms with Crippen molar-refractivity contribution >= 4 is 5.91 Å². The number of hydrogen-bond acceptors (Lipinski definition) is 3. The maximum atomic E-state index is 12.0. The van der Waals surface area contributed by atoms with Gasteiger partial charge >= 0.3 is 0 Å². The lowest BCUT2D eigenvalue weighted by molar-refractivity contribution is -0.128. The molecule has 1 fully saturated rings. The average molecular weight is 242 g/mol. The van der Waals surface area contributed by atoms with Crippen LogP contribution in [0.5, 0.6) is 0 Å². The van der Waals surface area contributed by atoms with Gasteiger partial charge in [0.25, 0.3) is 0 Å². The Kier molecular flexibility index (Phi) is 5.92. The predicted octanol–water partition coefficient (Wildman–Crippen LogP) is 1.45. The van der Waals surface area contributed by atoms with E-state index >= 15 is 0 Å². The minimum Gasteiger partial charge on any atom is -0.379 e. The van der Waals surface area contributed by atoms with Crippen molar-refractivity contribution in [1.82, 2.24) is 10.6 Å². The summed E-state index contributed by atoms with van der Waals surface area (Å²) in [5.41, 5.74) is -0.364. The second kappa shape index (κ2) is 6.97. The molecule has 17 heavy (non-hydrogen) atoms. The molecule has 0 saturated carbocycles. The molecule has 1 aliphatic heterocycles. The maximum Gasteiger partial charge on any atom is 0.240 e. The number of nitrogens with one attached hydrogen (secondary N) is 2. The van der Waals surface area contributed by atoms with Crippen molar-refractivity contribution < 1.29 is 9.53 Å². The van der Waals surface area contributed by atoms with Crippen molar-refractivity contribution in [3.8, 4) is 0 Å². The number of carbonyl (C=O) groups is 1. The highest BCUT2D eigenvalue weighted by molar-refractivity contribution is 5.85. The minimum atomic E-state index is -0.364. The molecular weight excluding hydrogens is 216 g/mol. The fraction of sp³-hybridized carbons (Fsp3) is 0.923. The Hall–Kier alpha value is -0.610. The zero-order valence-electron chi connectivity index (χ0n) is 11.3. The van der Waals surface area contributed by atoms with Gasteiger partial charge in [0.15, 0.2) is 0 Å². The van der Waals surface area contributed by atoms with Crippen LogP contribution in [0, 0.1) is 0 Å². The number of hydrogen-bond donors (Lipinski definition) is 2. The van der Waals surface area contributed by atoms with Crippen LogP contribution < -0.4 is 10.6 Å². The molecule has 1 unspecified atom stereocenters. The zero-order valence-corrected chi connectivity index (χ0v) is 11.3. The topological polar surface area (TPSA) is 50.4 Å². The molecule has 1 heterocycles. The van der Waals surface area contributed by atoms with Crippen molar-refractivity contribution in [3.63, 3.8) is 0 Å². The molecule has 0 radical (unpaired) electrons. The van der Waals surface area contributed by atoms with Gasteiger partial charge in [-0.1, -0.05) is 0 Å². The first-order valence-corrected chi connectivity index (χ1v) is 6.69. The van der Waals surface area contributed by atoms with Crippen LogP contribution >= 0.6 is 0 Å². The first-order valence-electron chi connectivity index (χ1n) is 6.69. The molecule has 2 N–H and O–H groups in total. The van der Waals surface area contributed by atoms with Crippen LogP contribution in [0.1, 0.15) is 46.5 Å². The van der Waals surface area contributed by atoms with Gasteiger partial charge in [-0.05, 0) is 53.0 Å². The van der Waals surface area contributed by atoms with Crippen LogP contribution in [0.4, 0.5) is 0 Å². The Bertz CT molecular complexity index is 236. The Morgan fingerprint density at radius 2 is 2.24 bits per heavy atom. The number of rotatable bonds is 6. The highest BCUT2D eigenvalue weighted by Crippen LogP contribution is 2.18. The molecule has 100 valence electrons. The summed E-state index contributed by atoms with van der Waals surface area (Å²) in [4.78, 5) is 12.0. The quantitative estimate of drug-likeness (QED) is 0.693. The molecule has 1 aliphatic rings. The Morgan fingerprint density at radius 3 is 2.82 bits per heavy atom. The monoisotopic (exact) mass is 242 g/mol. The lowest BCUT2D eigenvalue weighted by Gasteiger charge is -2.33. The van der Waals surface area contributed by atoms with E-state index in [4.69, 9.17) is 4.74 Å². The second-order valence-electron chi connectivity index (χ2n) is 5.24. The van der Waals surface area contributed by atoms with Gasteiger partial charge in [0.2, 0.25) is 5.91 Å². The van der Waals surface area contributed by atoms with E-state index in [2.05, 4.69) is 10.6 Å². The molecule has 0 bridgehead atoms. The summed E-state index contributed by atoms with van der Waals surface area (Å²) in [6.07, 6.45) is 4.38. The molecule has 0 aromatic carbocycles. The molecule has 0 aromatic rings. The van der Waals surface area contributed by atoms with Crippen LogP contribution in [0.25, 0.3) is 0 Å². The number of ether oxygens (including phenoxy) is 1. The molecular formula is C13H26N2O2. The fourth-order valence-electron chi connectivity index (χ4n) is 2.04. The molecule has 1 amide bonds. The van der Waals surface area contributed by atoms with E-state index in [1.165, 1.54) is 6.42 Å². The Balaban J connectivity index is 2.15. The summed E-state index contributed by atoms with van der Waals surface area (Å²) >= 11 is 0. The third kappa shape index (κ3) is 5.04. The number of amides is 1. The van der Waals surface area contributed by atoms with Gasteiger partial charge in [-0.25, -0.2) is 0 Å². The summed E-state index contributed by atoms with van der Waals surface area (Å²) in [5, 5.41) is 6.30. The van der Waals surface area contributed by atoms with E-state index in [1.54, 1.807) is 0 Å². The van der Waals surface area contributed by atoms with Crippen molar-refractivity contribution in [2.75, 3.05) is 19.7 Å². The van der Waals surface area contributed by atoms with Gasteiger partial charge in [0.05, 0.1) is 11.6 Å². The SMILES string of the molecule is CC(C)OCCCNC(=O)C1(C)CCCCN1. The zero-order chi connectivity index (χ0) is 12.7. The van der Waals surface area contributed by atoms with Gasteiger partial charge < -0.3 is 15.4 Å². The molecule has 4 nitrogen and oxygen atoms in total. The highest BCUT2D eigenvalue weighted by atomic mass is 16.5. The van der Waals surface area contributed by atoms with E-state index in [1.807, 2.05) is 20.8 Å². The van der Waals surface area contributed by atoms with E-state index < -0.39 is 0 Å². The summed E-state index contributed by atoms with van der Waals surface area (Å²) < 4.78 is 5.43. The molecule has 1 rings (SSSR count). The van der Waals surface area contributed by atoms with Gasteiger partial charge in [-0.3, -0.25) is 4.79 Å². The van der Waals surface area contributed by atoms with Crippen molar-refractivity contribution in [2.45, 2.75) is 58.1 Å². The summed E-state index contributed by atoms with van der Waals surface area (Å²) in [6, 6.07) is 0. The fourth-order valence-corrected chi connectivity index (χ4v) is 2.04. The molecule has 0 spiro atoms. The van der Waals surface area contributed by atoms with Crippen LogP contribution in [-0.2, 0) is 9.53 Å². The standard InChI is InChI=1S/C13H26N2O2/c1-11(2)17-10-6-8-14-12(16)13(3)7-4-5-9-15-13/h11,15H,4-10H2,1-3H3,(H,14,16).